The Labute approximate surface area is 160 Å². The Bertz CT molecular complexity index is 707. The van der Waals surface area contributed by atoms with Crippen LogP contribution in [0.5, 0.6) is 0 Å². The van der Waals surface area contributed by atoms with Gasteiger partial charge in [-0.25, -0.2) is 0 Å². The Kier molecular flexibility index (Phi) is 6.60. The van der Waals surface area contributed by atoms with Crippen molar-refractivity contribution in [2.45, 2.75) is 25.9 Å². The monoisotopic (exact) mass is 365 g/mol. The highest BCUT2D eigenvalue weighted by atomic mass is 16.2. The number of rotatable bonds is 7. The molecule has 2 aromatic carbocycles. The quantitative estimate of drug-likeness (QED) is 0.819. The van der Waals surface area contributed by atoms with Crippen LogP contribution >= 0.6 is 0 Å². The first kappa shape index (κ1) is 19.1. The molecule has 1 aliphatic rings. The van der Waals surface area contributed by atoms with E-state index in [0.29, 0.717) is 26.2 Å². The largest absolute Gasteiger partial charge is 0.369 e. The zero-order chi connectivity index (χ0) is 19.1. The van der Waals surface area contributed by atoms with Gasteiger partial charge in [0.2, 0.25) is 11.8 Å². The van der Waals surface area contributed by atoms with E-state index in [1.807, 2.05) is 65.6 Å². The maximum Gasteiger partial charge on any atom is 0.237 e. The van der Waals surface area contributed by atoms with Crippen LogP contribution in [0.25, 0.3) is 0 Å². The van der Waals surface area contributed by atoms with E-state index in [2.05, 4.69) is 4.90 Å². The molecule has 0 unspecified atom stereocenters. The fourth-order valence-corrected chi connectivity index (χ4v) is 3.56. The molecule has 0 bridgehead atoms. The van der Waals surface area contributed by atoms with Crippen molar-refractivity contribution in [1.29, 1.82) is 0 Å². The molecule has 0 spiro atoms. The molecule has 2 amide bonds. The number of hydrogen-bond donors (Lipinski definition) is 1. The van der Waals surface area contributed by atoms with E-state index < -0.39 is 0 Å². The van der Waals surface area contributed by atoms with Crippen LogP contribution in [0.1, 0.15) is 24.0 Å². The van der Waals surface area contributed by atoms with Crippen LogP contribution in [-0.4, -0.2) is 41.2 Å². The van der Waals surface area contributed by atoms with Gasteiger partial charge in [0.25, 0.3) is 0 Å². The summed E-state index contributed by atoms with van der Waals surface area (Å²) in [7, 11) is 0. The van der Waals surface area contributed by atoms with Gasteiger partial charge in [-0.2, -0.15) is 0 Å². The van der Waals surface area contributed by atoms with Crippen molar-refractivity contribution in [1.82, 2.24) is 9.80 Å². The standard InChI is InChI=1S/C22H27N3O2/c23-22(27)20-12-7-13-24(16-20)17-21(26)25(14-18-8-3-1-4-9-18)15-19-10-5-2-6-11-19/h1-6,8-11,20H,7,12-17H2,(H2,23,27)/t20-/m0/s1. The van der Waals surface area contributed by atoms with Gasteiger partial charge in [0.15, 0.2) is 0 Å². The van der Waals surface area contributed by atoms with Gasteiger partial charge in [0, 0.05) is 19.6 Å². The Morgan fingerprint density at radius 2 is 1.52 bits per heavy atom. The van der Waals surface area contributed by atoms with E-state index in [-0.39, 0.29) is 17.7 Å². The Balaban J connectivity index is 1.69. The average molecular weight is 365 g/mol. The molecule has 3 rings (SSSR count). The molecule has 142 valence electrons. The molecule has 1 heterocycles. The van der Waals surface area contributed by atoms with E-state index in [1.54, 1.807) is 0 Å². The van der Waals surface area contributed by atoms with E-state index in [9.17, 15) is 9.59 Å². The van der Waals surface area contributed by atoms with Crippen LogP contribution in [-0.2, 0) is 22.7 Å². The van der Waals surface area contributed by atoms with Gasteiger partial charge in [-0.1, -0.05) is 60.7 Å². The van der Waals surface area contributed by atoms with Crippen LogP contribution < -0.4 is 5.73 Å². The third-order valence-electron chi connectivity index (χ3n) is 5.05. The SMILES string of the molecule is NC(=O)[C@H]1CCCN(CC(=O)N(Cc2ccccc2)Cc2ccccc2)C1. The Hall–Kier alpha value is -2.66. The molecule has 5 nitrogen and oxygen atoms in total. The molecule has 2 N–H and O–H groups in total. The number of carbonyl (C=O) groups excluding carboxylic acids is 2. The second-order valence-electron chi connectivity index (χ2n) is 7.20. The number of hydrogen-bond acceptors (Lipinski definition) is 3. The first-order valence-corrected chi connectivity index (χ1v) is 9.49. The smallest absolute Gasteiger partial charge is 0.237 e. The molecule has 1 fully saturated rings. The molecule has 0 radical (unpaired) electrons. The number of likely N-dealkylation sites (tertiary alicyclic amines) is 1. The summed E-state index contributed by atoms with van der Waals surface area (Å²) in [4.78, 5) is 28.5. The minimum absolute atomic E-state index is 0.0767. The highest BCUT2D eigenvalue weighted by Gasteiger charge is 2.26. The fraction of sp³-hybridized carbons (Fsp3) is 0.364. The Morgan fingerprint density at radius 3 is 2.04 bits per heavy atom. The average Bonchev–Trinajstić information content (AvgIpc) is 2.69. The summed E-state index contributed by atoms with van der Waals surface area (Å²) in [6, 6.07) is 20.1. The lowest BCUT2D eigenvalue weighted by atomic mass is 9.97. The van der Waals surface area contributed by atoms with Gasteiger partial charge in [0.05, 0.1) is 12.5 Å². The van der Waals surface area contributed by atoms with Gasteiger partial charge in [-0.15, -0.1) is 0 Å². The summed E-state index contributed by atoms with van der Waals surface area (Å²) in [5.74, 6) is -0.339. The lowest BCUT2D eigenvalue weighted by molar-refractivity contribution is -0.135. The van der Waals surface area contributed by atoms with E-state index >= 15 is 0 Å². The predicted molar refractivity (Wildman–Crippen MR) is 105 cm³/mol. The fourth-order valence-electron chi connectivity index (χ4n) is 3.56. The maximum absolute atomic E-state index is 13.1. The number of amides is 2. The number of primary amides is 1. The van der Waals surface area contributed by atoms with Crippen molar-refractivity contribution < 1.29 is 9.59 Å². The summed E-state index contributed by atoms with van der Waals surface area (Å²) in [6.07, 6.45) is 1.72. The first-order valence-electron chi connectivity index (χ1n) is 9.49. The van der Waals surface area contributed by atoms with Crippen molar-refractivity contribution in [3.05, 3.63) is 71.8 Å². The van der Waals surface area contributed by atoms with Gasteiger partial charge in [-0.3, -0.25) is 14.5 Å². The van der Waals surface area contributed by atoms with E-state index in [0.717, 1.165) is 30.5 Å². The van der Waals surface area contributed by atoms with Crippen LogP contribution in [0.4, 0.5) is 0 Å². The summed E-state index contributed by atoms with van der Waals surface area (Å²) in [6.45, 7) is 2.87. The molecule has 1 saturated heterocycles. The summed E-state index contributed by atoms with van der Waals surface area (Å²) in [5.41, 5.74) is 7.68. The van der Waals surface area contributed by atoms with Gasteiger partial charge >= 0.3 is 0 Å². The van der Waals surface area contributed by atoms with Crippen molar-refractivity contribution in [3.63, 3.8) is 0 Å². The van der Waals surface area contributed by atoms with Gasteiger partial charge in [0.1, 0.15) is 0 Å². The van der Waals surface area contributed by atoms with Crippen molar-refractivity contribution in [2.75, 3.05) is 19.6 Å². The molecule has 0 aliphatic carbocycles. The summed E-state index contributed by atoms with van der Waals surface area (Å²) >= 11 is 0. The molecule has 0 saturated carbocycles. The van der Waals surface area contributed by atoms with Crippen LogP contribution in [0, 0.1) is 5.92 Å². The minimum Gasteiger partial charge on any atom is -0.369 e. The molecule has 1 atom stereocenters. The lowest BCUT2D eigenvalue weighted by Crippen LogP contribution is -2.46. The van der Waals surface area contributed by atoms with Gasteiger partial charge in [-0.05, 0) is 30.5 Å². The molecule has 27 heavy (non-hydrogen) atoms. The molecule has 1 aliphatic heterocycles. The molecular weight excluding hydrogens is 338 g/mol. The highest BCUT2D eigenvalue weighted by Crippen LogP contribution is 2.17. The Morgan fingerprint density at radius 1 is 0.963 bits per heavy atom. The molecule has 0 aromatic heterocycles. The third kappa shape index (κ3) is 5.66. The second-order valence-corrected chi connectivity index (χ2v) is 7.20. The topological polar surface area (TPSA) is 66.6 Å². The van der Waals surface area contributed by atoms with E-state index in [4.69, 9.17) is 5.73 Å². The zero-order valence-electron chi connectivity index (χ0n) is 15.6. The molecule has 2 aromatic rings. The summed E-state index contributed by atoms with van der Waals surface area (Å²) in [5, 5.41) is 0. The molecular formula is C22H27N3O2. The zero-order valence-corrected chi connectivity index (χ0v) is 15.6. The number of nitrogens with zero attached hydrogens (tertiary/aromatic N) is 2. The molecule has 5 heteroatoms. The third-order valence-corrected chi connectivity index (χ3v) is 5.05. The normalized spacial score (nSPS) is 17.4. The summed E-state index contributed by atoms with van der Waals surface area (Å²) < 4.78 is 0. The van der Waals surface area contributed by atoms with Gasteiger partial charge < -0.3 is 10.6 Å². The number of carbonyl (C=O) groups is 2. The minimum atomic E-state index is -0.266. The first-order chi connectivity index (χ1) is 13.1. The second kappa shape index (κ2) is 9.33. The maximum atomic E-state index is 13.1. The number of piperidine rings is 1. The number of benzene rings is 2. The number of nitrogens with two attached hydrogens (primary N) is 1. The van der Waals surface area contributed by atoms with Crippen molar-refractivity contribution >= 4 is 11.8 Å². The predicted octanol–water partition coefficient (Wildman–Crippen LogP) is 2.41. The lowest BCUT2D eigenvalue weighted by Gasteiger charge is -2.32. The van der Waals surface area contributed by atoms with Crippen LogP contribution in [0.2, 0.25) is 0 Å². The van der Waals surface area contributed by atoms with Crippen LogP contribution in [0.3, 0.4) is 0 Å². The van der Waals surface area contributed by atoms with Crippen molar-refractivity contribution in [2.24, 2.45) is 11.7 Å². The van der Waals surface area contributed by atoms with Crippen molar-refractivity contribution in [3.8, 4) is 0 Å². The highest BCUT2D eigenvalue weighted by molar-refractivity contribution is 5.79. The van der Waals surface area contributed by atoms with Crippen LogP contribution in [0.15, 0.2) is 60.7 Å². The van der Waals surface area contributed by atoms with E-state index in [1.165, 1.54) is 0 Å².